The summed E-state index contributed by atoms with van der Waals surface area (Å²) in [5.74, 6) is -2.83. The van der Waals surface area contributed by atoms with Crippen LogP contribution in [0.25, 0.3) is 0 Å². The molecule has 3 rings (SSSR count). The van der Waals surface area contributed by atoms with Crippen molar-refractivity contribution in [2.24, 2.45) is 5.41 Å². The first-order chi connectivity index (χ1) is 11.4. The van der Waals surface area contributed by atoms with E-state index in [0.717, 1.165) is 12.1 Å². The van der Waals surface area contributed by atoms with E-state index in [4.69, 9.17) is 0 Å². The van der Waals surface area contributed by atoms with Gasteiger partial charge in [0.15, 0.2) is 9.84 Å². The Balaban J connectivity index is 2.11. The van der Waals surface area contributed by atoms with Crippen molar-refractivity contribution >= 4 is 15.8 Å². The minimum absolute atomic E-state index is 0.00122. The third-order valence-electron chi connectivity index (χ3n) is 4.55. The molecule has 2 N–H and O–H groups in total. The SMILES string of the molecule is O=C(O)[C@]1(CO)[C@H](c2ccc(F)cc2)[C@@H]1S(=O)(=O)c1ccccc1. The van der Waals surface area contributed by atoms with Gasteiger partial charge in [0.1, 0.15) is 11.2 Å². The number of hydrogen-bond acceptors (Lipinski definition) is 4. The van der Waals surface area contributed by atoms with E-state index >= 15 is 0 Å². The molecule has 0 aromatic heterocycles. The van der Waals surface area contributed by atoms with E-state index in [1.807, 2.05) is 0 Å². The average Bonchev–Trinajstić information content (AvgIpc) is 3.28. The van der Waals surface area contributed by atoms with Crippen molar-refractivity contribution in [1.82, 2.24) is 0 Å². The zero-order chi connectivity index (χ0) is 17.5. The Bertz CT molecular complexity index is 864. The summed E-state index contributed by atoms with van der Waals surface area (Å²) in [7, 11) is -3.97. The molecule has 0 heterocycles. The quantitative estimate of drug-likeness (QED) is 0.858. The summed E-state index contributed by atoms with van der Waals surface area (Å²) in [6, 6.07) is 12.5. The molecule has 0 unspecified atom stereocenters. The summed E-state index contributed by atoms with van der Waals surface area (Å²) in [4.78, 5) is 11.8. The topological polar surface area (TPSA) is 91.7 Å². The van der Waals surface area contributed by atoms with Crippen LogP contribution in [-0.4, -0.2) is 36.5 Å². The van der Waals surface area contributed by atoms with Gasteiger partial charge in [-0.25, -0.2) is 12.8 Å². The Hall–Kier alpha value is -2.25. The van der Waals surface area contributed by atoms with Crippen LogP contribution in [-0.2, 0) is 14.6 Å². The van der Waals surface area contributed by atoms with Crippen LogP contribution in [0, 0.1) is 11.2 Å². The van der Waals surface area contributed by atoms with E-state index in [1.54, 1.807) is 18.2 Å². The van der Waals surface area contributed by atoms with E-state index in [-0.39, 0.29) is 4.90 Å². The van der Waals surface area contributed by atoms with Crippen molar-refractivity contribution in [3.05, 3.63) is 66.0 Å². The van der Waals surface area contributed by atoms with Crippen LogP contribution >= 0.6 is 0 Å². The highest BCUT2D eigenvalue weighted by Crippen LogP contribution is 2.64. The smallest absolute Gasteiger partial charge is 0.314 e. The van der Waals surface area contributed by atoms with Gasteiger partial charge in [-0.2, -0.15) is 0 Å². The van der Waals surface area contributed by atoms with Crippen LogP contribution in [0.2, 0.25) is 0 Å². The Labute approximate surface area is 138 Å². The van der Waals surface area contributed by atoms with E-state index in [9.17, 15) is 27.8 Å². The molecule has 0 spiro atoms. The minimum atomic E-state index is -3.97. The van der Waals surface area contributed by atoms with Gasteiger partial charge < -0.3 is 10.2 Å². The lowest BCUT2D eigenvalue weighted by molar-refractivity contribution is -0.145. The zero-order valence-corrected chi connectivity index (χ0v) is 13.3. The van der Waals surface area contributed by atoms with Gasteiger partial charge in [-0.1, -0.05) is 30.3 Å². The summed E-state index contributed by atoms with van der Waals surface area (Å²) >= 11 is 0. The molecule has 0 radical (unpaired) electrons. The van der Waals surface area contributed by atoms with Crippen LogP contribution in [0.5, 0.6) is 0 Å². The maximum absolute atomic E-state index is 13.1. The number of hydrogen-bond donors (Lipinski definition) is 2. The van der Waals surface area contributed by atoms with Gasteiger partial charge in [0, 0.05) is 5.92 Å². The Kier molecular flexibility index (Phi) is 3.93. The molecule has 0 bridgehead atoms. The third kappa shape index (κ3) is 2.32. The highest BCUT2D eigenvalue weighted by atomic mass is 32.2. The zero-order valence-electron chi connectivity index (χ0n) is 12.5. The Morgan fingerprint density at radius 3 is 2.17 bits per heavy atom. The lowest BCUT2D eigenvalue weighted by Gasteiger charge is -2.09. The van der Waals surface area contributed by atoms with Gasteiger partial charge in [0.2, 0.25) is 0 Å². The van der Waals surface area contributed by atoms with Crippen LogP contribution in [0.15, 0.2) is 59.5 Å². The monoisotopic (exact) mass is 350 g/mol. The fraction of sp³-hybridized carbons (Fsp3) is 0.235. The van der Waals surface area contributed by atoms with Gasteiger partial charge in [-0.15, -0.1) is 0 Å². The van der Waals surface area contributed by atoms with Gasteiger partial charge in [-0.05, 0) is 29.8 Å². The maximum Gasteiger partial charge on any atom is 0.314 e. The van der Waals surface area contributed by atoms with Crippen LogP contribution < -0.4 is 0 Å². The molecule has 3 atom stereocenters. The van der Waals surface area contributed by atoms with Gasteiger partial charge in [0.25, 0.3) is 0 Å². The van der Waals surface area contributed by atoms with Crippen molar-refractivity contribution in [3.8, 4) is 0 Å². The van der Waals surface area contributed by atoms with Gasteiger partial charge >= 0.3 is 5.97 Å². The fourth-order valence-electron chi connectivity index (χ4n) is 3.27. The van der Waals surface area contributed by atoms with E-state index < -0.39 is 44.8 Å². The predicted molar refractivity (Wildman–Crippen MR) is 83.7 cm³/mol. The molecule has 24 heavy (non-hydrogen) atoms. The first-order valence-electron chi connectivity index (χ1n) is 7.24. The molecular weight excluding hydrogens is 335 g/mol. The summed E-state index contributed by atoms with van der Waals surface area (Å²) in [5, 5.41) is 17.9. The normalized spacial score (nSPS) is 26.1. The molecule has 1 aliphatic carbocycles. The number of sulfone groups is 1. The lowest BCUT2D eigenvalue weighted by atomic mass is 10.0. The van der Waals surface area contributed by atoms with E-state index in [1.165, 1.54) is 24.3 Å². The fourth-order valence-corrected chi connectivity index (χ4v) is 5.66. The molecule has 0 amide bonds. The standard InChI is InChI=1S/C17H15FO5S/c18-12-8-6-11(7-9-12)14-15(17(14,10-19)16(20)21)24(22,23)13-4-2-1-3-5-13/h1-9,14-15,19H,10H2,(H,20,21)/t14-,15+,17-/m1/s1. The summed E-state index contributed by atoms with van der Waals surface area (Å²) in [6.45, 7) is -0.818. The molecule has 5 nitrogen and oxygen atoms in total. The molecule has 1 fully saturated rings. The van der Waals surface area contributed by atoms with E-state index in [0.29, 0.717) is 5.56 Å². The summed E-state index contributed by atoms with van der Waals surface area (Å²) in [6.07, 6.45) is 0. The average molecular weight is 350 g/mol. The molecule has 2 aromatic carbocycles. The van der Waals surface area contributed by atoms with Crippen molar-refractivity contribution < 1.29 is 27.8 Å². The first-order valence-corrected chi connectivity index (χ1v) is 8.79. The number of carboxylic acid groups (broad SMARTS) is 1. The molecule has 1 saturated carbocycles. The number of benzene rings is 2. The molecule has 7 heteroatoms. The van der Waals surface area contributed by atoms with Crippen LogP contribution in [0.3, 0.4) is 0 Å². The van der Waals surface area contributed by atoms with Crippen molar-refractivity contribution in [3.63, 3.8) is 0 Å². The number of rotatable bonds is 5. The third-order valence-corrected chi connectivity index (χ3v) is 6.84. The highest BCUT2D eigenvalue weighted by Gasteiger charge is 2.75. The van der Waals surface area contributed by atoms with Crippen LogP contribution in [0.1, 0.15) is 11.5 Å². The number of aliphatic hydroxyl groups is 1. The molecule has 126 valence electrons. The summed E-state index contributed by atoms with van der Waals surface area (Å²) < 4.78 is 38.9. The second-order valence-corrected chi connectivity index (χ2v) is 7.88. The van der Waals surface area contributed by atoms with E-state index in [2.05, 4.69) is 0 Å². The van der Waals surface area contributed by atoms with Crippen molar-refractivity contribution in [2.45, 2.75) is 16.1 Å². The number of aliphatic carboxylic acids is 1. The maximum atomic E-state index is 13.1. The number of aliphatic hydroxyl groups excluding tert-OH is 1. The summed E-state index contributed by atoms with van der Waals surface area (Å²) in [5.41, 5.74) is -1.45. The number of carboxylic acids is 1. The lowest BCUT2D eigenvalue weighted by Crippen LogP contribution is -2.27. The molecule has 1 aliphatic rings. The van der Waals surface area contributed by atoms with Crippen molar-refractivity contribution in [2.75, 3.05) is 6.61 Å². The highest BCUT2D eigenvalue weighted by molar-refractivity contribution is 7.92. The van der Waals surface area contributed by atoms with Crippen molar-refractivity contribution in [1.29, 1.82) is 0 Å². The molecule has 2 aromatic rings. The second kappa shape index (κ2) is 5.68. The van der Waals surface area contributed by atoms with Gasteiger partial charge in [0.05, 0.1) is 16.8 Å². The van der Waals surface area contributed by atoms with Crippen LogP contribution in [0.4, 0.5) is 4.39 Å². The predicted octanol–water partition coefficient (Wildman–Crippen LogP) is 1.83. The number of carbonyl (C=O) groups is 1. The first kappa shape index (κ1) is 16.6. The molecule has 0 aliphatic heterocycles. The second-order valence-electron chi connectivity index (χ2n) is 5.81. The number of halogens is 1. The van der Waals surface area contributed by atoms with Gasteiger partial charge in [-0.3, -0.25) is 4.79 Å². The Morgan fingerprint density at radius 2 is 1.67 bits per heavy atom. The molecular formula is C17H15FO5S. The largest absolute Gasteiger partial charge is 0.481 e. The molecule has 0 saturated heterocycles. The Morgan fingerprint density at radius 1 is 1.08 bits per heavy atom. The minimum Gasteiger partial charge on any atom is -0.481 e.